The van der Waals surface area contributed by atoms with Crippen molar-refractivity contribution in [2.45, 2.75) is 70.6 Å². The highest BCUT2D eigenvalue weighted by Gasteiger charge is 2.51. The fraction of sp³-hybridized carbons (Fsp3) is 0.550. The summed E-state index contributed by atoms with van der Waals surface area (Å²) in [5.74, 6) is 0. The summed E-state index contributed by atoms with van der Waals surface area (Å²) < 4.78 is 14.4. The fourth-order valence-corrected chi connectivity index (χ4v) is 3.67. The molecular weight excluding hydrogens is 311 g/mol. The van der Waals surface area contributed by atoms with Crippen molar-refractivity contribution in [3.05, 3.63) is 36.7 Å². The summed E-state index contributed by atoms with van der Waals surface area (Å²) in [6.07, 6.45) is 9.30. The van der Waals surface area contributed by atoms with Gasteiger partial charge in [-0.3, -0.25) is 4.68 Å². The first-order valence-electron chi connectivity index (χ1n) is 9.36. The highest BCUT2D eigenvalue weighted by atomic mass is 16.7. The Morgan fingerprint density at radius 3 is 2.16 bits per heavy atom. The third kappa shape index (κ3) is 3.04. The normalized spacial score (nSPS) is 22.6. The fourth-order valence-electron chi connectivity index (χ4n) is 3.67. The van der Waals surface area contributed by atoms with Crippen LogP contribution in [0.1, 0.15) is 59.4 Å². The van der Waals surface area contributed by atoms with E-state index in [1.54, 1.807) is 0 Å². The van der Waals surface area contributed by atoms with Gasteiger partial charge in [-0.25, -0.2) is 0 Å². The molecule has 1 saturated carbocycles. The lowest BCUT2D eigenvalue weighted by Crippen LogP contribution is -2.41. The highest BCUT2D eigenvalue weighted by molar-refractivity contribution is 6.62. The molecule has 2 fully saturated rings. The van der Waals surface area contributed by atoms with Crippen molar-refractivity contribution in [3.8, 4) is 11.1 Å². The molecular formula is C20H27BN2O2. The van der Waals surface area contributed by atoms with E-state index in [1.165, 1.54) is 36.8 Å². The second kappa shape index (κ2) is 5.99. The minimum absolute atomic E-state index is 0.305. The Balaban J connectivity index is 1.51. The molecule has 132 valence electrons. The molecule has 4 nitrogen and oxygen atoms in total. The smallest absolute Gasteiger partial charge is 0.399 e. The largest absolute Gasteiger partial charge is 0.494 e. The molecule has 0 radical (unpaired) electrons. The maximum absolute atomic E-state index is 6.13. The Kier molecular flexibility index (Phi) is 4.04. The minimum Gasteiger partial charge on any atom is -0.399 e. The quantitative estimate of drug-likeness (QED) is 0.795. The monoisotopic (exact) mass is 338 g/mol. The molecule has 0 bridgehead atoms. The summed E-state index contributed by atoms with van der Waals surface area (Å²) in [5.41, 5.74) is 2.81. The van der Waals surface area contributed by atoms with Gasteiger partial charge in [-0.05, 0) is 51.6 Å². The zero-order chi connectivity index (χ0) is 17.7. The van der Waals surface area contributed by atoms with Crippen molar-refractivity contribution >= 4 is 12.6 Å². The molecule has 1 aliphatic carbocycles. The van der Waals surface area contributed by atoms with Gasteiger partial charge in [0, 0.05) is 11.8 Å². The Morgan fingerprint density at radius 2 is 1.56 bits per heavy atom. The molecule has 0 spiro atoms. The molecule has 2 aromatic rings. The Labute approximate surface area is 150 Å². The summed E-state index contributed by atoms with van der Waals surface area (Å²) >= 11 is 0. The molecule has 0 unspecified atom stereocenters. The maximum atomic E-state index is 6.13. The average Bonchev–Trinajstić information content (AvgIpc) is 3.28. The van der Waals surface area contributed by atoms with Crippen molar-refractivity contribution in [2.75, 3.05) is 0 Å². The lowest BCUT2D eigenvalue weighted by Gasteiger charge is -2.32. The SMILES string of the molecule is CC1(C)OB(c2ccc(-c3cnn(C4CCCC4)c3)cc2)OC1(C)C. The van der Waals surface area contributed by atoms with Gasteiger partial charge >= 0.3 is 7.12 Å². The van der Waals surface area contributed by atoms with Crippen LogP contribution >= 0.6 is 0 Å². The van der Waals surface area contributed by atoms with E-state index in [-0.39, 0.29) is 18.3 Å². The highest BCUT2D eigenvalue weighted by Crippen LogP contribution is 2.36. The predicted molar refractivity (Wildman–Crippen MR) is 101 cm³/mol. The van der Waals surface area contributed by atoms with Crippen LogP contribution in [0.25, 0.3) is 11.1 Å². The van der Waals surface area contributed by atoms with Gasteiger partial charge in [0.1, 0.15) is 0 Å². The zero-order valence-corrected chi connectivity index (χ0v) is 15.7. The van der Waals surface area contributed by atoms with E-state index in [1.807, 2.05) is 6.20 Å². The summed E-state index contributed by atoms with van der Waals surface area (Å²) in [4.78, 5) is 0. The molecule has 0 atom stereocenters. The number of aromatic nitrogens is 2. The van der Waals surface area contributed by atoms with E-state index in [4.69, 9.17) is 9.31 Å². The zero-order valence-electron chi connectivity index (χ0n) is 15.7. The van der Waals surface area contributed by atoms with Gasteiger partial charge in [0.15, 0.2) is 0 Å². The predicted octanol–water partition coefficient (Wildman–Crippen LogP) is 3.96. The van der Waals surface area contributed by atoms with Crippen molar-refractivity contribution in [3.63, 3.8) is 0 Å². The van der Waals surface area contributed by atoms with Gasteiger partial charge in [0.05, 0.1) is 23.4 Å². The third-order valence-corrected chi connectivity index (χ3v) is 6.07. The molecule has 2 heterocycles. The molecule has 2 aliphatic rings. The van der Waals surface area contributed by atoms with Gasteiger partial charge in [-0.15, -0.1) is 0 Å². The molecule has 25 heavy (non-hydrogen) atoms. The van der Waals surface area contributed by atoms with Crippen LogP contribution in [0.3, 0.4) is 0 Å². The van der Waals surface area contributed by atoms with Crippen LogP contribution in [0.15, 0.2) is 36.7 Å². The standard InChI is InChI=1S/C20H27BN2O2/c1-19(2)20(3,4)25-21(24-19)17-11-9-15(10-12-17)16-13-22-23(14-16)18-7-5-6-8-18/h9-14,18H,5-8H2,1-4H3. The van der Waals surface area contributed by atoms with Crippen LogP contribution in [0, 0.1) is 0 Å². The molecule has 0 amide bonds. The lowest BCUT2D eigenvalue weighted by atomic mass is 9.78. The van der Waals surface area contributed by atoms with Crippen molar-refractivity contribution < 1.29 is 9.31 Å². The van der Waals surface area contributed by atoms with Gasteiger partial charge in [0.2, 0.25) is 0 Å². The van der Waals surface area contributed by atoms with Crippen LogP contribution in [0.5, 0.6) is 0 Å². The van der Waals surface area contributed by atoms with E-state index in [9.17, 15) is 0 Å². The number of hydrogen-bond donors (Lipinski definition) is 0. The van der Waals surface area contributed by atoms with Gasteiger partial charge in [-0.2, -0.15) is 5.10 Å². The van der Waals surface area contributed by atoms with Crippen LogP contribution in [-0.2, 0) is 9.31 Å². The van der Waals surface area contributed by atoms with Gasteiger partial charge in [0.25, 0.3) is 0 Å². The molecule has 1 aliphatic heterocycles. The maximum Gasteiger partial charge on any atom is 0.494 e. The molecule has 1 aromatic heterocycles. The number of benzene rings is 1. The average molecular weight is 338 g/mol. The summed E-state index contributed by atoms with van der Waals surface area (Å²) in [5, 5.41) is 4.58. The molecule has 5 heteroatoms. The Bertz CT molecular complexity index is 729. The van der Waals surface area contributed by atoms with Crippen LogP contribution in [0.2, 0.25) is 0 Å². The molecule has 1 saturated heterocycles. The lowest BCUT2D eigenvalue weighted by molar-refractivity contribution is 0.00578. The number of hydrogen-bond acceptors (Lipinski definition) is 3. The van der Waals surface area contributed by atoms with E-state index >= 15 is 0 Å². The van der Waals surface area contributed by atoms with Crippen LogP contribution in [-0.4, -0.2) is 28.1 Å². The first-order chi connectivity index (χ1) is 11.9. The number of rotatable bonds is 3. The van der Waals surface area contributed by atoms with Gasteiger partial charge in [-0.1, -0.05) is 37.1 Å². The van der Waals surface area contributed by atoms with Crippen molar-refractivity contribution in [1.82, 2.24) is 9.78 Å². The van der Waals surface area contributed by atoms with Crippen molar-refractivity contribution in [1.29, 1.82) is 0 Å². The van der Waals surface area contributed by atoms with E-state index < -0.39 is 0 Å². The Hall–Kier alpha value is -1.59. The second-order valence-corrected chi connectivity index (χ2v) is 8.36. The molecule has 4 rings (SSSR count). The summed E-state index contributed by atoms with van der Waals surface area (Å²) in [6, 6.07) is 9.06. The van der Waals surface area contributed by atoms with E-state index in [0.29, 0.717) is 6.04 Å². The summed E-state index contributed by atoms with van der Waals surface area (Å²) in [6.45, 7) is 8.33. The van der Waals surface area contributed by atoms with Crippen LogP contribution in [0.4, 0.5) is 0 Å². The minimum atomic E-state index is -0.307. The first kappa shape index (κ1) is 16.9. The van der Waals surface area contributed by atoms with E-state index in [2.05, 4.69) is 67.9 Å². The first-order valence-corrected chi connectivity index (χ1v) is 9.36. The van der Waals surface area contributed by atoms with Crippen molar-refractivity contribution in [2.24, 2.45) is 0 Å². The van der Waals surface area contributed by atoms with Gasteiger partial charge < -0.3 is 9.31 Å². The third-order valence-electron chi connectivity index (χ3n) is 6.07. The summed E-state index contributed by atoms with van der Waals surface area (Å²) in [7, 11) is -0.305. The Morgan fingerprint density at radius 1 is 0.960 bits per heavy atom. The molecule has 0 N–H and O–H groups in total. The molecule has 1 aromatic carbocycles. The number of nitrogens with zero attached hydrogens (tertiary/aromatic N) is 2. The van der Waals surface area contributed by atoms with E-state index in [0.717, 1.165) is 5.46 Å². The topological polar surface area (TPSA) is 36.3 Å². The van der Waals surface area contributed by atoms with Crippen LogP contribution < -0.4 is 5.46 Å². The second-order valence-electron chi connectivity index (χ2n) is 8.36.